The summed E-state index contributed by atoms with van der Waals surface area (Å²) in [5.74, 6) is 1.34. The Morgan fingerprint density at radius 2 is 2.75 bits per heavy atom. The average Bonchev–Trinajstić information content (AvgIpc) is 2.17. The Balaban J connectivity index is 2.63. The SMILES string of the molecule is CC(CS)C(=O)C1=[C]SCC=N1. The molecule has 4 heteroatoms. The van der Waals surface area contributed by atoms with Gasteiger partial charge in [-0.15, -0.1) is 11.8 Å². The van der Waals surface area contributed by atoms with Crippen LogP contribution in [-0.2, 0) is 4.79 Å². The summed E-state index contributed by atoms with van der Waals surface area (Å²) >= 11 is 5.53. The molecule has 0 aromatic rings. The average molecular weight is 200 g/mol. The molecule has 0 amide bonds. The molecule has 0 bridgehead atoms. The Hall–Kier alpha value is -0.220. The third kappa shape index (κ3) is 2.38. The number of thioether (sulfide) groups is 1. The van der Waals surface area contributed by atoms with Crippen LogP contribution in [0.4, 0.5) is 0 Å². The maximum atomic E-state index is 11.5. The van der Waals surface area contributed by atoms with Crippen molar-refractivity contribution in [2.45, 2.75) is 6.92 Å². The predicted molar refractivity (Wildman–Crippen MR) is 55.7 cm³/mol. The Morgan fingerprint density at radius 1 is 2.00 bits per heavy atom. The molecule has 1 aliphatic rings. The highest BCUT2D eigenvalue weighted by atomic mass is 32.2. The van der Waals surface area contributed by atoms with Crippen molar-refractivity contribution in [1.82, 2.24) is 0 Å². The quantitative estimate of drug-likeness (QED) is 0.701. The molecule has 0 saturated heterocycles. The fourth-order valence-corrected chi connectivity index (χ4v) is 1.42. The maximum Gasteiger partial charge on any atom is 0.185 e. The van der Waals surface area contributed by atoms with Gasteiger partial charge in [-0.2, -0.15) is 12.6 Å². The number of nitrogens with zero attached hydrogens (tertiary/aromatic N) is 1. The van der Waals surface area contributed by atoms with Crippen LogP contribution < -0.4 is 0 Å². The van der Waals surface area contributed by atoms with Gasteiger partial charge in [0.1, 0.15) is 5.70 Å². The zero-order chi connectivity index (χ0) is 8.97. The molecule has 12 heavy (non-hydrogen) atoms. The smallest absolute Gasteiger partial charge is 0.185 e. The van der Waals surface area contributed by atoms with E-state index in [0.717, 1.165) is 5.75 Å². The van der Waals surface area contributed by atoms with E-state index in [0.29, 0.717) is 11.4 Å². The highest BCUT2D eigenvalue weighted by Crippen LogP contribution is 2.16. The summed E-state index contributed by atoms with van der Waals surface area (Å²) in [6.07, 6.45) is 1.74. The van der Waals surface area contributed by atoms with Crippen molar-refractivity contribution in [3.8, 4) is 0 Å². The van der Waals surface area contributed by atoms with Crippen molar-refractivity contribution in [3.05, 3.63) is 11.1 Å². The van der Waals surface area contributed by atoms with Crippen molar-refractivity contribution in [3.63, 3.8) is 0 Å². The van der Waals surface area contributed by atoms with E-state index in [9.17, 15) is 4.79 Å². The molecule has 0 spiro atoms. The minimum atomic E-state index is -0.0633. The Labute approximate surface area is 81.9 Å². The number of aliphatic imine (C=N–C) groups is 1. The standard InChI is InChI=1S/C8H10NOS2/c1-6(4-11)8(10)7-5-12-3-2-9-7/h2,6,11H,3-4H2,1H3. The van der Waals surface area contributed by atoms with Crippen molar-refractivity contribution in [2.24, 2.45) is 10.9 Å². The minimum Gasteiger partial charge on any atom is -0.292 e. The Bertz CT molecular complexity index is 235. The molecule has 0 N–H and O–H groups in total. The van der Waals surface area contributed by atoms with Crippen LogP contribution in [-0.4, -0.2) is 23.5 Å². The lowest BCUT2D eigenvalue weighted by atomic mass is 10.1. The van der Waals surface area contributed by atoms with Gasteiger partial charge in [0, 0.05) is 23.6 Å². The van der Waals surface area contributed by atoms with Crippen LogP contribution >= 0.6 is 24.4 Å². The summed E-state index contributed by atoms with van der Waals surface area (Å²) in [5, 5.41) is 2.89. The number of rotatable bonds is 3. The Morgan fingerprint density at radius 3 is 3.25 bits per heavy atom. The first-order chi connectivity index (χ1) is 5.75. The largest absolute Gasteiger partial charge is 0.292 e. The zero-order valence-electron chi connectivity index (χ0n) is 6.78. The molecule has 1 unspecified atom stereocenters. The van der Waals surface area contributed by atoms with Crippen LogP contribution in [0.15, 0.2) is 10.7 Å². The van der Waals surface area contributed by atoms with Crippen LogP contribution in [0.25, 0.3) is 0 Å². The van der Waals surface area contributed by atoms with E-state index in [1.54, 1.807) is 6.21 Å². The van der Waals surface area contributed by atoms with E-state index in [1.165, 1.54) is 11.8 Å². The molecule has 1 rings (SSSR count). The molecule has 0 aromatic carbocycles. The van der Waals surface area contributed by atoms with Gasteiger partial charge in [-0.1, -0.05) is 6.92 Å². The Kier molecular flexibility index (Phi) is 3.88. The number of Topliss-reactive ketones (excluding diaryl/α,β-unsaturated/α-hetero) is 1. The van der Waals surface area contributed by atoms with Gasteiger partial charge >= 0.3 is 0 Å². The fourth-order valence-electron chi connectivity index (χ4n) is 0.732. The van der Waals surface area contributed by atoms with Crippen LogP contribution in [0, 0.1) is 11.3 Å². The molecule has 1 heterocycles. The van der Waals surface area contributed by atoms with E-state index in [4.69, 9.17) is 0 Å². The van der Waals surface area contributed by atoms with Crippen molar-refractivity contribution in [2.75, 3.05) is 11.5 Å². The summed E-state index contributed by atoms with van der Waals surface area (Å²) in [5.41, 5.74) is 0.452. The molecule has 0 saturated carbocycles. The van der Waals surface area contributed by atoms with Crippen LogP contribution in [0.2, 0.25) is 0 Å². The third-order valence-electron chi connectivity index (χ3n) is 1.50. The number of carbonyl (C=O) groups is 1. The van der Waals surface area contributed by atoms with Gasteiger partial charge in [-0.25, -0.2) is 0 Å². The second-order valence-electron chi connectivity index (χ2n) is 2.52. The van der Waals surface area contributed by atoms with E-state index >= 15 is 0 Å². The van der Waals surface area contributed by atoms with Gasteiger partial charge < -0.3 is 0 Å². The first-order valence-electron chi connectivity index (χ1n) is 3.68. The number of hydrogen-bond donors (Lipinski definition) is 1. The van der Waals surface area contributed by atoms with Gasteiger partial charge in [-0.3, -0.25) is 9.79 Å². The molecule has 1 atom stereocenters. The summed E-state index contributed by atoms with van der Waals surface area (Å²) in [6.45, 7) is 1.85. The zero-order valence-corrected chi connectivity index (χ0v) is 8.49. The van der Waals surface area contributed by atoms with Crippen molar-refractivity contribution in [1.29, 1.82) is 0 Å². The van der Waals surface area contributed by atoms with Crippen LogP contribution in [0.1, 0.15) is 6.92 Å². The van der Waals surface area contributed by atoms with Gasteiger partial charge in [0.25, 0.3) is 0 Å². The number of ketones is 1. The lowest BCUT2D eigenvalue weighted by Crippen LogP contribution is -2.15. The summed E-state index contributed by atoms with van der Waals surface area (Å²) in [6, 6.07) is 0. The van der Waals surface area contributed by atoms with E-state index < -0.39 is 0 Å². The van der Waals surface area contributed by atoms with Crippen molar-refractivity contribution >= 4 is 36.4 Å². The normalized spacial score (nSPS) is 18.7. The first kappa shape index (κ1) is 9.86. The van der Waals surface area contributed by atoms with Crippen LogP contribution in [0.5, 0.6) is 0 Å². The van der Waals surface area contributed by atoms with E-state index in [-0.39, 0.29) is 11.7 Å². The van der Waals surface area contributed by atoms with E-state index in [1.807, 2.05) is 6.92 Å². The van der Waals surface area contributed by atoms with Gasteiger partial charge in [0.05, 0.1) is 5.41 Å². The number of carbonyl (C=O) groups excluding carboxylic acids is 1. The van der Waals surface area contributed by atoms with Crippen LogP contribution in [0.3, 0.4) is 0 Å². The lowest BCUT2D eigenvalue weighted by Gasteiger charge is -2.08. The van der Waals surface area contributed by atoms with Gasteiger partial charge in [0.15, 0.2) is 5.78 Å². The monoisotopic (exact) mass is 200 g/mol. The highest BCUT2D eigenvalue weighted by Gasteiger charge is 2.16. The topological polar surface area (TPSA) is 29.4 Å². The second kappa shape index (κ2) is 4.72. The summed E-state index contributed by atoms with van der Waals surface area (Å²) in [7, 11) is 0. The van der Waals surface area contributed by atoms with Crippen molar-refractivity contribution < 1.29 is 4.79 Å². The highest BCUT2D eigenvalue weighted by molar-refractivity contribution is 8.01. The molecular formula is C8H10NOS2. The maximum absolute atomic E-state index is 11.5. The van der Waals surface area contributed by atoms with Gasteiger partial charge in [0.2, 0.25) is 0 Å². The summed E-state index contributed by atoms with van der Waals surface area (Å²) < 4.78 is 0. The first-order valence-corrected chi connectivity index (χ1v) is 5.30. The molecule has 0 aromatic heterocycles. The predicted octanol–water partition coefficient (Wildman–Crippen LogP) is 1.58. The van der Waals surface area contributed by atoms with E-state index in [2.05, 4.69) is 23.0 Å². The second-order valence-corrected chi connectivity index (χ2v) is 3.71. The molecular weight excluding hydrogens is 190 g/mol. The molecule has 1 aliphatic heterocycles. The van der Waals surface area contributed by atoms with Gasteiger partial charge in [-0.05, 0) is 0 Å². The number of thiol groups is 1. The third-order valence-corrected chi connectivity index (χ3v) is 2.70. The summed E-state index contributed by atoms with van der Waals surface area (Å²) in [4.78, 5) is 15.4. The number of allylic oxidation sites excluding steroid dienone is 1. The molecule has 0 fully saturated rings. The fraction of sp³-hybridized carbons (Fsp3) is 0.500. The molecule has 1 radical (unpaired) electrons. The number of hydrogen-bond acceptors (Lipinski definition) is 4. The molecule has 65 valence electrons. The lowest BCUT2D eigenvalue weighted by molar-refractivity contribution is -0.118. The minimum absolute atomic E-state index is 0.0356. The molecule has 2 nitrogen and oxygen atoms in total. The molecule has 0 aliphatic carbocycles.